The van der Waals surface area contributed by atoms with Crippen LogP contribution >= 0.6 is 0 Å². The van der Waals surface area contributed by atoms with Crippen LogP contribution in [0, 0.1) is 6.92 Å². The van der Waals surface area contributed by atoms with E-state index in [0.717, 1.165) is 43.5 Å². The predicted molar refractivity (Wildman–Crippen MR) is 98.0 cm³/mol. The van der Waals surface area contributed by atoms with Gasteiger partial charge in [-0.2, -0.15) is 0 Å². The molecule has 0 unspecified atom stereocenters. The molecule has 7 heteroatoms. The number of aromatic nitrogens is 3. The van der Waals surface area contributed by atoms with Gasteiger partial charge >= 0.3 is 0 Å². The summed E-state index contributed by atoms with van der Waals surface area (Å²) in [6, 6.07) is 0.468. The van der Waals surface area contributed by atoms with E-state index in [1.807, 2.05) is 24.6 Å². The molecule has 0 amide bonds. The third-order valence-corrected chi connectivity index (χ3v) is 4.44. The molecule has 1 aromatic heterocycles. The van der Waals surface area contributed by atoms with Gasteiger partial charge in [-0.3, -0.25) is 0 Å². The van der Waals surface area contributed by atoms with Gasteiger partial charge in [0.15, 0.2) is 11.8 Å². The SMILES string of the molecule is C=CCNC(=NCc1nnc(C)n1C)NC1CCN(CCC)CC1. The van der Waals surface area contributed by atoms with Crippen LogP contribution < -0.4 is 10.6 Å². The number of aryl methyl sites for hydroxylation is 1. The first kappa shape index (κ1) is 18.4. The van der Waals surface area contributed by atoms with Crippen molar-refractivity contribution >= 4 is 5.96 Å². The summed E-state index contributed by atoms with van der Waals surface area (Å²) in [6.07, 6.45) is 5.37. The van der Waals surface area contributed by atoms with Crippen LogP contribution in [0.15, 0.2) is 17.6 Å². The quantitative estimate of drug-likeness (QED) is 0.446. The Bertz CT molecular complexity index is 541. The van der Waals surface area contributed by atoms with Crippen molar-refractivity contribution in [1.82, 2.24) is 30.3 Å². The van der Waals surface area contributed by atoms with E-state index in [1.165, 1.54) is 13.0 Å². The van der Waals surface area contributed by atoms with E-state index in [1.54, 1.807) is 0 Å². The van der Waals surface area contributed by atoms with E-state index < -0.39 is 0 Å². The smallest absolute Gasteiger partial charge is 0.192 e. The number of piperidine rings is 1. The summed E-state index contributed by atoms with van der Waals surface area (Å²) in [4.78, 5) is 7.20. The number of hydrogen-bond acceptors (Lipinski definition) is 4. The number of nitrogens with one attached hydrogen (secondary N) is 2. The lowest BCUT2D eigenvalue weighted by Gasteiger charge is -2.32. The van der Waals surface area contributed by atoms with Crippen LogP contribution in [0.3, 0.4) is 0 Å². The molecule has 1 aliphatic rings. The van der Waals surface area contributed by atoms with Crippen molar-refractivity contribution in [3.05, 3.63) is 24.3 Å². The molecule has 2 N–H and O–H groups in total. The maximum atomic E-state index is 4.66. The fourth-order valence-electron chi connectivity index (χ4n) is 2.87. The molecule has 1 saturated heterocycles. The lowest BCUT2D eigenvalue weighted by Crippen LogP contribution is -2.48. The van der Waals surface area contributed by atoms with Gasteiger partial charge in [0, 0.05) is 32.7 Å². The molecule has 0 radical (unpaired) electrons. The van der Waals surface area contributed by atoms with Crippen LogP contribution in [0.25, 0.3) is 0 Å². The summed E-state index contributed by atoms with van der Waals surface area (Å²) in [6.45, 7) is 12.7. The van der Waals surface area contributed by atoms with Gasteiger partial charge in [0.1, 0.15) is 12.4 Å². The van der Waals surface area contributed by atoms with E-state index in [2.05, 4.69) is 44.2 Å². The van der Waals surface area contributed by atoms with Crippen molar-refractivity contribution < 1.29 is 0 Å². The van der Waals surface area contributed by atoms with E-state index in [4.69, 9.17) is 0 Å². The fourth-order valence-corrected chi connectivity index (χ4v) is 2.87. The highest BCUT2D eigenvalue weighted by atomic mass is 15.3. The maximum Gasteiger partial charge on any atom is 0.192 e. The van der Waals surface area contributed by atoms with Crippen molar-refractivity contribution in [1.29, 1.82) is 0 Å². The first-order valence-corrected chi connectivity index (χ1v) is 8.87. The molecule has 134 valence electrons. The zero-order valence-corrected chi connectivity index (χ0v) is 15.3. The summed E-state index contributed by atoms with van der Waals surface area (Å²) in [7, 11) is 1.97. The molecule has 0 atom stereocenters. The van der Waals surface area contributed by atoms with Crippen LogP contribution in [0.5, 0.6) is 0 Å². The van der Waals surface area contributed by atoms with Crippen molar-refractivity contribution in [2.45, 2.75) is 45.7 Å². The molecule has 1 aromatic rings. The molecule has 24 heavy (non-hydrogen) atoms. The monoisotopic (exact) mass is 333 g/mol. The average Bonchev–Trinajstić information content (AvgIpc) is 2.91. The Morgan fingerprint density at radius 3 is 2.71 bits per heavy atom. The Balaban J connectivity index is 1.91. The normalized spacial score (nSPS) is 17.0. The molecular weight excluding hydrogens is 302 g/mol. The topological polar surface area (TPSA) is 70.4 Å². The van der Waals surface area contributed by atoms with Gasteiger partial charge in [0.05, 0.1) is 0 Å². The van der Waals surface area contributed by atoms with Crippen molar-refractivity contribution in [2.24, 2.45) is 12.0 Å². The molecule has 1 fully saturated rings. The number of hydrogen-bond donors (Lipinski definition) is 2. The van der Waals surface area contributed by atoms with Crippen LogP contribution in [0.4, 0.5) is 0 Å². The standard InChI is InChI=1S/C17H31N7/c1-5-9-18-17(19-13-16-22-21-14(3)23(16)4)20-15-7-11-24(10-6-2)12-8-15/h5,15H,1,6-13H2,2-4H3,(H2,18,19,20). The summed E-state index contributed by atoms with van der Waals surface area (Å²) < 4.78 is 1.97. The van der Waals surface area contributed by atoms with Crippen LogP contribution in [0.2, 0.25) is 0 Å². The number of rotatable bonds is 7. The van der Waals surface area contributed by atoms with Crippen LogP contribution in [-0.4, -0.2) is 57.8 Å². The second kappa shape index (κ2) is 9.42. The van der Waals surface area contributed by atoms with Gasteiger partial charge in [-0.05, 0) is 32.7 Å². The number of aliphatic imine (C=N–C) groups is 1. The van der Waals surface area contributed by atoms with E-state index in [0.29, 0.717) is 19.1 Å². The Hall–Kier alpha value is -1.89. The van der Waals surface area contributed by atoms with E-state index >= 15 is 0 Å². The summed E-state index contributed by atoms with van der Waals surface area (Å²) in [5.74, 6) is 2.59. The highest BCUT2D eigenvalue weighted by molar-refractivity contribution is 5.80. The molecule has 1 aliphatic heterocycles. The second-order valence-corrected chi connectivity index (χ2v) is 6.32. The Kier molecular flexibility index (Phi) is 7.24. The van der Waals surface area contributed by atoms with Crippen LogP contribution in [-0.2, 0) is 13.6 Å². The predicted octanol–water partition coefficient (Wildman–Crippen LogP) is 1.22. The first-order chi connectivity index (χ1) is 11.6. The average molecular weight is 333 g/mol. The molecule has 7 nitrogen and oxygen atoms in total. The summed E-state index contributed by atoms with van der Waals surface area (Å²) in [5, 5.41) is 15.1. The zero-order chi connectivity index (χ0) is 17.4. The Morgan fingerprint density at radius 1 is 1.38 bits per heavy atom. The van der Waals surface area contributed by atoms with Gasteiger partial charge in [-0.1, -0.05) is 13.0 Å². The number of likely N-dealkylation sites (tertiary alicyclic amines) is 1. The first-order valence-electron chi connectivity index (χ1n) is 8.87. The van der Waals surface area contributed by atoms with E-state index in [9.17, 15) is 0 Å². The number of guanidine groups is 1. The minimum Gasteiger partial charge on any atom is -0.354 e. The van der Waals surface area contributed by atoms with Gasteiger partial charge in [0.25, 0.3) is 0 Å². The molecule has 2 rings (SSSR count). The molecular formula is C17H31N7. The largest absolute Gasteiger partial charge is 0.354 e. The summed E-state index contributed by atoms with van der Waals surface area (Å²) in [5.41, 5.74) is 0. The van der Waals surface area contributed by atoms with Gasteiger partial charge in [0.2, 0.25) is 0 Å². The molecule has 2 heterocycles. The van der Waals surface area contributed by atoms with Crippen LogP contribution in [0.1, 0.15) is 37.8 Å². The minimum atomic E-state index is 0.468. The zero-order valence-electron chi connectivity index (χ0n) is 15.3. The molecule has 0 bridgehead atoms. The molecule has 0 aromatic carbocycles. The molecule has 0 aliphatic carbocycles. The van der Waals surface area contributed by atoms with Crippen molar-refractivity contribution in [3.8, 4) is 0 Å². The van der Waals surface area contributed by atoms with Crippen molar-refractivity contribution in [2.75, 3.05) is 26.2 Å². The highest BCUT2D eigenvalue weighted by Crippen LogP contribution is 2.10. The molecule has 0 saturated carbocycles. The van der Waals surface area contributed by atoms with Gasteiger partial charge < -0.3 is 20.1 Å². The third-order valence-electron chi connectivity index (χ3n) is 4.44. The Morgan fingerprint density at radius 2 is 2.12 bits per heavy atom. The Labute approximate surface area is 145 Å². The second-order valence-electron chi connectivity index (χ2n) is 6.32. The minimum absolute atomic E-state index is 0.468. The summed E-state index contributed by atoms with van der Waals surface area (Å²) >= 11 is 0. The highest BCUT2D eigenvalue weighted by Gasteiger charge is 2.19. The van der Waals surface area contributed by atoms with Gasteiger partial charge in [-0.25, -0.2) is 4.99 Å². The van der Waals surface area contributed by atoms with Gasteiger partial charge in [-0.15, -0.1) is 16.8 Å². The lowest BCUT2D eigenvalue weighted by atomic mass is 10.1. The van der Waals surface area contributed by atoms with Crippen molar-refractivity contribution in [3.63, 3.8) is 0 Å². The van der Waals surface area contributed by atoms with E-state index in [-0.39, 0.29) is 0 Å². The molecule has 0 spiro atoms. The lowest BCUT2D eigenvalue weighted by molar-refractivity contribution is 0.206. The maximum absolute atomic E-state index is 4.66. The number of nitrogens with zero attached hydrogens (tertiary/aromatic N) is 5. The fraction of sp³-hybridized carbons (Fsp3) is 0.706. The third kappa shape index (κ3) is 5.33.